The van der Waals surface area contributed by atoms with E-state index in [2.05, 4.69) is 38.8 Å². The summed E-state index contributed by atoms with van der Waals surface area (Å²) in [6.07, 6.45) is 0.205. The second-order valence-corrected chi connectivity index (χ2v) is 7.90. The predicted molar refractivity (Wildman–Crippen MR) is 115 cm³/mol. The first-order valence-electron chi connectivity index (χ1n) is 10.4. The van der Waals surface area contributed by atoms with Crippen LogP contribution in [0.5, 0.6) is 0 Å². The lowest BCUT2D eigenvalue weighted by Crippen LogP contribution is -2.46. The molecule has 0 unspecified atom stereocenters. The van der Waals surface area contributed by atoms with Crippen molar-refractivity contribution in [2.75, 3.05) is 25.0 Å². The molecule has 0 radical (unpaired) electrons. The molecule has 0 atom stereocenters. The molecule has 3 N–H and O–H groups in total. The quantitative estimate of drug-likeness (QED) is 0.533. The van der Waals surface area contributed by atoms with Gasteiger partial charge in [0, 0.05) is 48.5 Å². The maximum atomic E-state index is 12.8. The molecular weight excluding hydrogens is 405 g/mol. The third-order valence-corrected chi connectivity index (χ3v) is 5.74. The molecule has 0 bridgehead atoms. The van der Waals surface area contributed by atoms with E-state index in [0.717, 1.165) is 56.5 Å². The Morgan fingerprint density at radius 1 is 1.10 bits per heavy atom. The van der Waals surface area contributed by atoms with Crippen LogP contribution in [0.3, 0.4) is 0 Å². The van der Waals surface area contributed by atoms with Crippen LogP contribution < -0.4 is 10.6 Å². The molecule has 4 rings (SSSR count). The highest BCUT2D eigenvalue weighted by atomic mass is 19.4. The van der Waals surface area contributed by atoms with E-state index < -0.39 is 17.8 Å². The number of urea groups is 1. The van der Waals surface area contributed by atoms with Crippen molar-refractivity contribution in [3.05, 3.63) is 65.9 Å². The van der Waals surface area contributed by atoms with Crippen molar-refractivity contribution < 1.29 is 18.0 Å². The number of nitrogens with one attached hydrogen (secondary N) is 3. The van der Waals surface area contributed by atoms with E-state index in [9.17, 15) is 18.0 Å². The third-order valence-electron chi connectivity index (χ3n) is 5.74. The van der Waals surface area contributed by atoms with Crippen molar-refractivity contribution in [1.29, 1.82) is 0 Å². The van der Waals surface area contributed by atoms with Crippen molar-refractivity contribution in [3.63, 3.8) is 0 Å². The Balaban J connectivity index is 1.22. The van der Waals surface area contributed by atoms with Crippen molar-refractivity contribution in [3.8, 4) is 0 Å². The van der Waals surface area contributed by atoms with Crippen molar-refractivity contribution in [2.24, 2.45) is 0 Å². The number of anilines is 1. The molecule has 5 nitrogen and oxygen atoms in total. The van der Waals surface area contributed by atoms with Gasteiger partial charge in [-0.15, -0.1) is 0 Å². The summed E-state index contributed by atoms with van der Waals surface area (Å²) < 4.78 is 38.4. The highest BCUT2D eigenvalue weighted by Gasteiger charge is 2.30. The molecule has 164 valence electrons. The van der Waals surface area contributed by atoms with Gasteiger partial charge in [-0.1, -0.05) is 24.3 Å². The number of H-pyrrole nitrogens is 1. The second kappa shape index (κ2) is 9.01. The molecule has 1 aliphatic rings. The van der Waals surface area contributed by atoms with Gasteiger partial charge in [-0.05, 0) is 49.1 Å². The Labute approximate surface area is 178 Å². The number of halogens is 3. The van der Waals surface area contributed by atoms with E-state index in [1.165, 1.54) is 23.1 Å². The lowest BCUT2D eigenvalue weighted by Gasteiger charge is -2.32. The van der Waals surface area contributed by atoms with Crippen LogP contribution in [0, 0.1) is 0 Å². The number of para-hydroxylation sites is 1. The summed E-state index contributed by atoms with van der Waals surface area (Å²) in [6, 6.07) is 12.4. The lowest BCUT2D eigenvalue weighted by molar-refractivity contribution is -0.137. The molecule has 0 spiro atoms. The summed E-state index contributed by atoms with van der Waals surface area (Å²) in [6.45, 7) is 2.69. The van der Waals surface area contributed by atoms with Gasteiger partial charge in [0.05, 0.1) is 5.56 Å². The van der Waals surface area contributed by atoms with Crippen LogP contribution in [-0.2, 0) is 12.6 Å². The van der Waals surface area contributed by atoms with Crippen molar-refractivity contribution in [1.82, 2.24) is 15.2 Å². The Morgan fingerprint density at radius 3 is 2.65 bits per heavy atom. The molecule has 2 amide bonds. The monoisotopic (exact) mass is 430 g/mol. The zero-order chi connectivity index (χ0) is 21.8. The summed E-state index contributed by atoms with van der Waals surface area (Å²) in [5.41, 5.74) is 1.79. The summed E-state index contributed by atoms with van der Waals surface area (Å²) >= 11 is 0. The summed E-state index contributed by atoms with van der Waals surface area (Å²) in [5.74, 6) is 0. The van der Waals surface area contributed by atoms with Crippen molar-refractivity contribution >= 4 is 22.6 Å². The minimum absolute atomic E-state index is 0.00939. The number of carbonyl (C=O) groups is 1. The maximum absolute atomic E-state index is 12.8. The first-order valence-corrected chi connectivity index (χ1v) is 10.4. The number of amides is 2. The van der Waals surface area contributed by atoms with Gasteiger partial charge in [-0.25, -0.2) is 4.79 Å². The van der Waals surface area contributed by atoms with Gasteiger partial charge in [-0.2, -0.15) is 13.2 Å². The molecule has 2 aromatic carbocycles. The van der Waals surface area contributed by atoms with Crippen LogP contribution in [-0.4, -0.2) is 41.6 Å². The van der Waals surface area contributed by atoms with E-state index in [4.69, 9.17) is 0 Å². The van der Waals surface area contributed by atoms with Crippen LogP contribution >= 0.6 is 0 Å². The minimum Gasteiger partial charge on any atom is -0.361 e. The van der Waals surface area contributed by atoms with E-state index >= 15 is 0 Å². The highest BCUT2D eigenvalue weighted by Crippen LogP contribution is 2.30. The molecule has 3 aromatic rings. The Morgan fingerprint density at radius 2 is 1.87 bits per heavy atom. The minimum atomic E-state index is -4.44. The van der Waals surface area contributed by atoms with Gasteiger partial charge in [0.15, 0.2) is 0 Å². The fourth-order valence-corrected chi connectivity index (χ4v) is 4.04. The van der Waals surface area contributed by atoms with E-state index in [-0.39, 0.29) is 11.7 Å². The molecule has 1 fully saturated rings. The largest absolute Gasteiger partial charge is 0.416 e. The van der Waals surface area contributed by atoms with Gasteiger partial charge in [0.25, 0.3) is 0 Å². The predicted octanol–water partition coefficient (Wildman–Crippen LogP) is 5.02. The second-order valence-electron chi connectivity index (χ2n) is 7.90. The molecule has 0 saturated carbocycles. The van der Waals surface area contributed by atoms with Crippen LogP contribution in [0.25, 0.3) is 10.9 Å². The van der Waals surface area contributed by atoms with Crippen LogP contribution in [0.4, 0.5) is 23.7 Å². The van der Waals surface area contributed by atoms with E-state index in [0.29, 0.717) is 0 Å². The number of hydrogen-bond acceptors (Lipinski definition) is 2. The molecular formula is C23H25F3N4O. The van der Waals surface area contributed by atoms with Gasteiger partial charge in [-0.3, -0.25) is 0 Å². The number of piperidine rings is 1. The van der Waals surface area contributed by atoms with Gasteiger partial charge in [0.2, 0.25) is 0 Å². The molecule has 1 aliphatic heterocycles. The average molecular weight is 430 g/mol. The maximum Gasteiger partial charge on any atom is 0.416 e. The number of aromatic nitrogens is 1. The number of fused-ring (bicyclic) bond motifs is 1. The van der Waals surface area contributed by atoms with Crippen molar-refractivity contribution in [2.45, 2.75) is 31.5 Å². The Kier molecular flexibility index (Phi) is 6.18. The zero-order valence-corrected chi connectivity index (χ0v) is 17.0. The van der Waals surface area contributed by atoms with Gasteiger partial charge >= 0.3 is 12.2 Å². The Bertz CT molecular complexity index is 1040. The molecule has 1 aromatic heterocycles. The van der Waals surface area contributed by atoms with Crippen LogP contribution in [0.2, 0.25) is 0 Å². The number of likely N-dealkylation sites (tertiary alicyclic amines) is 1. The number of aromatic amines is 1. The SMILES string of the molecule is O=C(Nc1cccc(C(F)(F)F)c1)NC1CCN(CCc2c[nH]c3ccccc23)CC1. The number of carbonyl (C=O) groups excluding carboxylic acids is 1. The molecule has 8 heteroatoms. The molecule has 31 heavy (non-hydrogen) atoms. The number of alkyl halides is 3. The average Bonchev–Trinajstić information content (AvgIpc) is 3.16. The summed E-state index contributed by atoms with van der Waals surface area (Å²) in [4.78, 5) is 17.9. The summed E-state index contributed by atoms with van der Waals surface area (Å²) in [5, 5.41) is 6.64. The highest BCUT2D eigenvalue weighted by molar-refractivity contribution is 5.89. The van der Waals surface area contributed by atoms with Gasteiger partial charge < -0.3 is 20.5 Å². The van der Waals surface area contributed by atoms with Crippen LogP contribution in [0.1, 0.15) is 24.0 Å². The molecule has 0 aliphatic carbocycles. The zero-order valence-electron chi connectivity index (χ0n) is 17.0. The number of hydrogen-bond donors (Lipinski definition) is 3. The summed E-state index contributed by atoms with van der Waals surface area (Å²) in [7, 11) is 0. The van der Waals surface area contributed by atoms with E-state index in [1.807, 2.05) is 12.1 Å². The van der Waals surface area contributed by atoms with Crippen LogP contribution in [0.15, 0.2) is 54.7 Å². The number of nitrogens with zero attached hydrogens (tertiary/aromatic N) is 1. The normalized spacial score (nSPS) is 15.8. The lowest BCUT2D eigenvalue weighted by atomic mass is 10.0. The molecule has 2 heterocycles. The van der Waals surface area contributed by atoms with E-state index in [1.54, 1.807) is 0 Å². The first-order chi connectivity index (χ1) is 14.9. The fourth-order valence-electron chi connectivity index (χ4n) is 4.04. The Hall–Kier alpha value is -3.00. The first kappa shape index (κ1) is 21.2. The molecule has 1 saturated heterocycles. The topological polar surface area (TPSA) is 60.2 Å². The smallest absolute Gasteiger partial charge is 0.361 e. The van der Waals surface area contributed by atoms with Gasteiger partial charge in [0.1, 0.15) is 0 Å². The number of benzene rings is 2. The standard InChI is InChI=1S/C23H25F3N4O/c24-23(25,26)17-4-3-5-19(14-17)29-22(31)28-18-9-12-30(13-10-18)11-8-16-15-27-21-7-2-1-6-20(16)21/h1-7,14-15,18,27H,8-13H2,(H2,28,29,31). The number of rotatable bonds is 5. The fraction of sp³-hybridized carbons (Fsp3) is 0.348. The third kappa shape index (κ3) is 5.38.